The van der Waals surface area contributed by atoms with Crippen LogP contribution in [-0.2, 0) is 11.4 Å². The van der Waals surface area contributed by atoms with Crippen LogP contribution in [0.2, 0.25) is 0 Å². The van der Waals surface area contributed by atoms with E-state index in [4.69, 9.17) is 4.74 Å². The Morgan fingerprint density at radius 3 is 2.50 bits per heavy atom. The Labute approximate surface area is 199 Å². The average molecular weight is 462 g/mol. The minimum atomic E-state index is -1.12. The Morgan fingerprint density at radius 1 is 1.09 bits per heavy atom. The molecule has 1 amide bonds. The highest BCUT2D eigenvalue weighted by Gasteiger charge is 2.40. The monoisotopic (exact) mass is 461 g/mol. The number of carbonyl (C=O) groups excluding carboxylic acids is 1. The van der Waals surface area contributed by atoms with E-state index in [9.17, 15) is 14.7 Å². The summed E-state index contributed by atoms with van der Waals surface area (Å²) in [6, 6.07) is 16.9. The molecule has 3 aromatic rings. The Bertz CT molecular complexity index is 1170. The predicted octanol–water partition coefficient (Wildman–Crippen LogP) is 4.18. The van der Waals surface area contributed by atoms with E-state index >= 15 is 0 Å². The number of aliphatic carboxylic acids is 1. The second-order valence-corrected chi connectivity index (χ2v) is 9.06. The van der Waals surface area contributed by atoms with Gasteiger partial charge in [0.2, 0.25) is 0 Å². The van der Waals surface area contributed by atoms with E-state index in [-0.39, 0.29) is 12.5 Å². The number of hydrogen-bond acceptors (Lipinski definition) is 5. The first-order valence-electron chi connectivity index (χ1n) is 11.7. The van der Waals surface area contributed by atoms with Crippen molar-refractivity contribution in [2.24, 2.45) is 0 Å². The molecule has 0 bridgehead atoms. The SMILES string of the molecule is Cc1cc(COc2ccc(C(=O)NC[C@@](C)(C(=O)O)N3CCCCC3)cc2)c2ccccc2n1. The van der Waals surface area contributed by atoms with Crippen LogP contribution >= 0.6 is 0 Å². The Kier molecular flexibility index (Phi) is 7.12. The van der Waals surface area contributed by atoms with E-state index in [2.05, 4.69) is 10.3 Å². The van der Waals surface area contributed by atoms with Gasteiger partial charge in [0.15, 0.2) is 0 Å². The summed E-state index contributed by atoms with van der Waals surface area (Å²) in [5.74, 6) is -0.567. The lowest BCUT2D eigenvalue weighted by atomic mass is 9.96. The number of likely N-dealkylation sites (tertiary alicyclic amines) is 1. The Hall–Kier alpha value is -3.45. The van der Waals surface area contributed by atoms with Crippen molar-refractivity contribution in [3.63, 3.8) is 0 Å². The number of rotatable bonds is 8. The second-order valence-electron chi connectivity index (χ2n) is 9.06. The van der Waals surface area contributed by atoms with Gasteiger partial charge in [0.05, 0.1) is 5.52 Å². The minimum absolute atomic E-state index is 0.0495. The molecule has 4 rings (SSSR count). The molecule has 1 aromatic heterocycles. The number of nitrogens with one attached hydrogen (secondary N) is 1. The first-order chi connectivity index (χ1) is 16.4. The molecule has 0 unspecified atom stereocenters. The molecule has 1 fully saturated rings. The van der Waals surface area contributed by atoms with Crippen molar-refractivity contribution in [3.8, 4) is 5.75 Å². The van der Waals surface area contributed by atoms with Crippen LogP contribution in [0.4, 0.5) is 0 Å². The lowest BCUT2D eigenvalue weighted by Crippen LogP contribution is -2.60. The molecular weight excluding hydrogens is 430 g/mol. The van der Waals surface area contributed by atoms with Crippen LogP contribution in [0, 0.1) is 6.92 Å². The van der Waals surface area contributed by atoms with Crippen molar-refractivity contribution < 1.29 is 19.4 Å². The van der Waals surface area contributed by atoms with E-state index in [1.165, 1.54) is 0 Å². The molecule has 7 nitrogen and oxygen atoms in total. The fourth-order valence-corrected chi connectivity index (χ4v) is 4.44. The summed E-state index contributed by atoms with van der Waals surface area (Å²) >= 11 is 0. The third-order valence-corrected chi connectivity index (χ3v) is 6.55. The number of hydrogen-bond donors (Lipinski definition) is 2. The largest absolute Gasteiger partial charge is 0.489 e. The number of carboxylic acid groups (broad SMARTS) is 1. The van der Waals surface area contributed by atoms with Gasteiger partial charge in [-0.3, -0.25) is 19.5 Å². The van der Waals surface area contributed by atoms with E-state index in [1.807, 2.05) is 42.2 Å². The molecule has 2 N–H and O–H groups in total. The molecule has 1 saturated heterocycles. The van der Waals surface area contributed by atoms with Crippen molar-refractivity contribution >= 4 is 22.8 Å². The summed E-state index contributed by atoms with van der Waals surface area (Å²) < 4.78 is 5.97. The lowest BCUT2D eigenvalue weighted by Gasteiger charge is -2.40. The number of piperidine rings is 1. The molecule has 178 valence electrons. The number of para-hydroxylation sites is 1. The van der Waals surface area contributed by atoms with Gasteiger partial charge in [-0.05, 0) is 76.2 Å². The van der Waals surface area contributed by atoms with E-state index < -0.39 is 11.5 Å². The van der Waals surface area contributed by atoms with Crippen LogP contribution in [0.3, 0.4) is 0 Å². The van der Waals surface area contributed by atoms with Gasteiger partial charge < -0.3 is 15.2 Å². The zero-order chi connectivity index (χ0) is 24.1. The van der Waals surface area contributed by atoms with Gasteiger partial charge >= 0.3 is 5.97 Å². The van der Waals surface area contributed by atoms with Gasteiger partial charge in [-0.1, -0.05) is 24.6 Å². The fourth-order valence-electron chi connectivity index (χ4n) is 4.44. The van der Waals surface area contributed by atoms with Gasteiger partial charge in [0.25, 0.3) is 5.91 Å². The highest BCUT2D eigenvalue weighted by molar-refractivity contribution is 5.94. The summed E-state index contributed by atoms with van der Waals surface area (Å²) in [6.45, 7) is 5.55. The summed E-state index contributed by atoms with van der Waals surface area (Å²) in [5.41, 5.74) is 2.26. The summed E-state index contributed by atoms with van der Waals surface area (Å²) in [7, 11) is 0. The number of pyridine rings is 1. The van der Waals surface area contributed by atoms with Crippen LogP contribution < -0.4 is 10.1 Å². The van der Waals surface area contributed by atoms with Gasteiger partial charge in [0, 0.05) is 28.8 Å². The number of fused-ring (bicyclic) bond motifs is 1. The molecule has 2 aromatic carbocycles. The minimum Gasteiger partial charge on any atom is -0.489 e. The van der Waals surface area contributed by atoms with Crippen LogP contribution in [0.1, 0.15) is 47.8 Å². The smallest absolute Gasteiger partial charge is 0.325 e. The van der Waals surface area contributed by atoms with Gasteiger partial charge in [-0.25, -0.2) is 0 Å². The third kappa shape index (κ3) is 5.20. The lowest BCUT2D eigenvalue weighted by molar-refractivity contribution is -0.150. The normalized spacial score (nSPS) is 16.1. The number of ether oxygens (including phenoxy) is 1. The van der Waals surface area contributed by atoms with Crippen LogP contribution in [0.15, 0.2) is 54.6 Å². The molecule has 2 heterocycles. The molecule has 0 spiro atoms. The number of carbonyl (C=O) groups is 2. The standard InChI is InChI=1S/C27H31N3O4/c1-19-16-21(23-8-4-5-9-24(23)29-19)17-34-22-12-10-20(11-13-22)25(31)28-18-27(2,26(32)33)30-14-6-3-7-15-30/h4-5,8-13,16H,3,6-7,14-15,17-18H2,1-2H3,(H,28,31)(H,32,33)/t27-/m0/s1. The Balaban J connectivity index is 1.38. The van der Waals surface area contributed by atoms with Crippen molar-refractivity contribution in [3.05, 3.63) is 71.4 Å². The maximum Gasteiger partial charge on any atom is 0.325 e. The van der Waals surface area contributed by atoms with E-state index in [1.54, 1.807) is 31.2 Å². The Morgan fingerprint density at radius 2 is 1.79 bits per heavy atom. The molecule has 0 aliphatic carbocycles. The fraction of sp³-hybridized carbons (Fsp3) is 0.370. The highest BCUT2D eigenvalue weighted by atomic mass is 16.5. The number of benzene rings is 2. The molecule has 0 radical (unpaired) electrons. The van der Waals surface area contributed by atoms with Crippen LogP contribution in [0.5, 0.6) is 5.75 Å². The number of nitrogens with zero attached hydrogens (tertiary/aromatic N) is 2. The van der Waals surface area contributed by atoms with Crippen molar-refractivity contribution in [1.82, 2.24) is 15.2 Å². The van der Waals surface area contributed by atoms with Gasteiger partial charge in [-0.15, -0.1) is 0 Å². The van der Waals surface area contributed by atoms with Crippen molar-refractivity contribution in [1.29, 1.82) is 0 Å². The molecule has 1 atom stereocenters. The molecule has 1 aliphatic rings. The predicted molar refractivity (Wildman–Crippen MR) is 131 cm³/mol. The maximum absolute atomic E-state index is 12.7. The molecular formula is C27H31N3O4. The molecule has 0 saturated carbocycles. The summed E-state index contributed by atoms with van der Waals surface area (Å²) in [6.07, 6.45) is 3.07. The summed E-state index contributed by atoms with van der Waals surface area (Å²) in [5, 5.41) is 13.7. The first kappa shape index (κ1) is 23.7. The van der Waals surface area contributed by atoms with Crippen molar-refractivity contribution in [2.45, 2.75) is 45.3 Å². The van der Waals surface area contributed by atoms with Gasteiger partial charge in [-0.2, -0.15) is 0 Å². The van der Waals surface area contributed by atoms with Crippen LogP contribution in [0.25, 0.3) is 10.9 Å². The van der Waals surface area contributed by atoms with Crippen LogP contribution in [-0.4, -0.2) is 52.0 Å². The van der Waals surface area contributed by atoms with Gasteiger partial charge in [0.1, 0.15) is 17.9 Å². The molecule has 7 heteroatoms. The second kappa shape index (κ2) is 10.2. The van der Waals surface area contributed by atoms with E-state index in [0.29, 0.717) is 17.9 Å². The zero-order valence-corrected chi connectivity index (χ0v) is 19.7. The molecule has 34 heavy (non-hydrogen) atoms. The first-order valence-corrected chi connectivity index (χ1v) is 11.7. The third-order valence-electron chi connectivity index (χ3n) is 6.55. The number of aryl methyl sites for hydroxylation is 1. The highest BCUT2D eigenvalue weighted by Crippen LogP contribution is 2.23. The molecule has 1 aliphatic heterocycles. The van der Waals surface area contributed by atoms with E-state index in [0.717, 1.165) is 54.5 Å². The zero-order valence-electron chi connectivity index (χ0n) is 19.7. The average Bonchev–Trinajstić information content (AvgIpc) is 2.86. The topological polar surface area (TPSA) is 91.8 Å². The maximum atomic E-state index is 12.7. The number of carboxylic acids is 1. The van der Waals surface area contributed by atoms with Crippen molar-refractivity contribution in [2.75, 3.05) is 19.6 Å². The number of aromatic nitrogens is 1. The quantitative estimate of drug-likeness (QED) is 0.523. The summed E-state index contributed by atoms with van der Waals surface area (Å²) in [4.78, 5) is 31.2. The number of amides is 1.